The molecule has 10 nitrogen and oxygen atoms in total. The van der Waals surface area contributed by atoms with E-state index in [4.69, 9.17) is 14.6 Å². The molecule has 2 heterocycles. The Morgan fingerprint density at radius 2 is 1.71 bits per heavy atom. The molecule has 10 heteroatoms. The van der Waals surface area contributed by atoms with Gasteiger partial charge in [-0.15, -0.1) is 0 Å². The quantitative estimate of drug-likeness (QED) is 0.261. The first kappa shape index (κ1) is 24.8. The van der Waals surface area contributed by atoms with Crippen LogP contribution in [0.3, 0.4) is 0 Å². The van der Waals surface area contributed by atoms with Gasteiger partial charge in [0.05, 0.1) is 0 Å². The van der Waals surface area contributed by atoms with E-state index in [1.54, 1.807) is 13.0 Å². The van der Waals surface area contributed by atoms with Gasteiger partial charge in [-0.2, -0.15) is 0 Å². The third-order valence-corrected chi connectivity index (χ3v) is 6.04. The lowest BCUT2D eigenvalue weighted by atomic mass is 10.00. The number of primary amides is 1. The maximum absolute atomic E-state index is 12.6. The SMILES string of the molecule is Cc1oc2cc3oc(=O)c(CCC(=O)NC(CCCCNC(N)=O)C(=O)O)c(C)c3cc2c1C. The highest BCUT2D eigenvalue weighted by Gasteiger charge is 2.21. The predicted octanol–water partition coefficient (Wildman–Crippen LogP) is 2.81. The number of hydrogen-bond acceptors (Lipinski definition) is 6. The zero-order valence-corrected chi connectivity index (χ0v) is 19.4. The number of unbranched alkanes of at least 4 members (excludes halogenated alkanes) is 1. The van der Waals surface area contributed by atoms with Crippen LogP contribution in [-0.4, -0.2) is 35.6 Å². The van der Waals surface area contributed by atoms with Crippen LogP contribution in [0.5, 0.6) is 0 Å². The summed E-state index contributed by atoms with van der Waals surface area (Å²) >= 11 is 0. The van der Waals surface area contributed by atoms with Gasteiger partial charge in [0.2, 0.25) is 5.91 Å². The lowest BCUT2D eigenvalue weighted by molar-refractivity contribution is -0.142. The van der Waals surface area contributed by atoms with E-state index in [2.05, 4.69) is 10.6 Å². The second kappa shape index (κ2) is 10.4. The molecule has 182 valence electrons. The predicted molar refractivity (Wildman–Crippen MR) is 126 cm³/mol. The van der Waals surface area contributed by atoms with Crippen molar-refractivity contribution in [3.8, 4) is 0 Å². The van der Waals surface area contributed by atoms with Crippen LogP contribution < -0.4 is 22.0 Å². The largest absolute Gasteiger partial charge is 0.480 e. The van der Waals surface area contributed by atoms with E-state index in [1.807, 2.05) is 19.9 Å². The molecule has 1 atom stereocenters. The monoisotopic (exact) mass is 471 g/mol. The normalized spacial score (nSPS) is 12.1. The minimum absolute atomic E-state index is 0.0593. The molecule has 1 aromatic carbocycles. The number of rotatable bonds is 10. The van der Waals surface area contributed by atoms with Crippen LogP contribution in [0.4, 0.5) is 4.79 Å². The fourth-order valence-corrected chi connectivity index (χ4v) is 3.96. The summed E-state index contributed by atoms with van der Waals surface area (Å²) < 4.78 is 11.2. The van der Waals surface area contributed by atoms with Crippen molar-refractivity contribution in [2.24, 2.45) is 5.73 Å². The number of benzene rings is 1. The standard InChI is InChI=1S/C24H29N3O7/c1-12-14(3)33-19-11-20-17(10-16(12)19)13(2)15(23(31)34-20)7-8-21(28)27-18(22(29)30)6-4-5-9-26-24(25)32/h10-11,18H,4-9H2,1-3H3,(H,27,28)(H,29,30)(H3,25,26,32). The molecule has 3 rings (SSSR count). The highest BCUT2D eigenvalue weighted by atomic mass is 16.4. The fourth-order valence-electron chi connectivity index (χ4n) is 3.96. The van der Waals surface area contributed by atoms with Crippen LogP contribution in [0, 0.1) is 20.8 Å². The third-order valence-electron chi connectivity index (χ3n) is 6.04. The Hall–Kier alpha value is -3.82. The molecule has 0 bridgehead atoms. The van der Waals surface area contributed by atoms with Gasteiger partial charge in [0.1, 0.15) is 23.0 Å². The van der Waals surface area contributed by atoms with Crippen LogP contribution in [0.1, 0.15) is 48.1 Å². The van der Waals surface area contributed by atoms with Crippen molar-refractivity contribution in [2.45, 2.75) is 58.9 Å². The van der Waals surface area contributed by atoms with Gasteiger partial charge in [0.25, 0.3) is 0 Å². The summed E-state index contributed by atoms with van der Waals surface area (Å²) in [6, 6.07) is 1.92. The number of urea groups is 1. The molecule has 3 aromatic rings. The Morgan fingerprint density at radius 1 is 1.03 bits per heavy atom. The van der Waals surface area contributed by atoms with E-state index in [9.17, 15) is 24.3 Å². The Balaban J connectivity index is 1.68. The van der Waals surface area contributed by atoms with Crippen molar-refractivity contribution in [3.05, 3.63) is 45.0 Å². The highest BCUT2D eigenvalue weighted by molar-refractivity contribution is 5.96. The number of nitrogens with one attached hydrogen (secondary N) is 2. The zero-order chi connectivity index (χ0) is 25.0. The van der Waals surface area contributed by atoms with E-state index in [-0.39, 0.29) is 19.3 Å². The Labute approximate surface area is 195 Å². The summed E-state index contributed by atoms with van der Waals surface area (Å²) in [6.07, 6.45) is 1.27. The smallest absolute Gasteiger partial charge is 0.339 e. The maximum atomic E-state index is 12.6. The number of hydrogen-bond donors (Lipinski definition) is 4. The minimum atomic E-state index is -1.15. The number of aliphatic carboxylic acids is 1. The second-order valence-electron chi connectivity index (χ2n) is 8.37. The second-order valence-corrected chi connectivity index (χ2v) is 8.37. The van der Waals surface area contributed by atoms with Gasteiger partial charge < -0.3 is 30.3 Å². The van der Waals surface area contributed by atoms with Crippen LogP contribution in [0.15, 0.2) is 25.8 Å². The number of amides is 3. The molecule has 0 spiro atoms. The Kier molecular flexibility index (Phi) is 7.60. The first-order chi connectivity index (χ1) is 16.1. The molecule has 0 radical (unpaired) electrons. The first-order valence-electron chi connectivity index (χ1n) is 11.1. The molecule has 0 fully saturated rings. The molecule has 0 aliphatic rings. The maximum Gasteiger partial charge on any atom is 0.339 e. The molecule has 1 unspecified atom stereocenters. The van der Waals surface area contributed by atoms with Gasteiger partial charge in [0, 0.05) is 35.4 Å². The van der Waals surface area contributed by atoms with Gasteiger partial charge >= 0.3 is 17.6 Å². The molecular formula is C24H29N3O7. The van der Waals surface area contributed by atoms with Crippen LogP contribution in [0.2, 0.25) is 0 Å². The number of aryl methyl sites for hydroxylation is 3. The van der Waals surface area contributed by atoms with Crippen molar-refractivity contribution in [3.63, 3.8) is 0 Å². The number of carbonyl (C=O) groups excluding carboxylic acids is 2. The van der Waals surface area contributed by atoms with E-state index in [1.165, 1.54) is 0 Å². The van der Waals surface area contributed by atoms with E-state index in [0.717, 1.165) is 27.7 Å². The zero-order valence-electron chi connectivity index (χ0n) is 19.4. The summed E-state index contributed by atoms with van der Waals surface area (Å²) in [7, 11) is 0. The molecule has 0 aliphatic carbocycles. The molecule has 5 N–H and O–H groups in total. The average molecular weight is 472 g/mol. The topological polar surface area (TPSA) is 165 Å². The van der Waals surface area contributed by atoms with Crippen LogP contribution in [0.25, 0.3) is 21.9 Å². The lowest BCUT2D eigenvalue weighted by Crippen LogP contribution is -2.41. The van der Waals surface area contributed by atoms with Crippen molar-refractivity contribution >= 4 is 39.8 Å². The molecule has 2 aromatic heterocycles. The molecule has 34 heavy (non-hydrogen) atoms. The summed E-state index contributed by atoms with van der Waals surface area (Å²) in [5.41, 5.74) is 7.60. The summed E-state index contributed by atoms with van der Waals surface area (Å²) in [5.74, 6) is -0.829. The number of carboxylic acid groups (broad SMARTS) is 1. The van der Waals surface area contributed by atoms with E-state index < -0.39 is 29.6 Å². The fraction of sp³-hybridized carbons (Fsp3) is 0.417. The summed E-state index contributed by atoms with van der Waals surface area (Å²) in [6.45, 7) is 5.97. The minimum Gasteiger partial charge on any atom is -0.480 e. The molecule has 0 aliphatic heterocycles. The van der Waals surface area contributed by atoms with Crippen molar-refractivity contribution in [2.75, 3.05) is 6.54 Å². The van der Waals surface area contributed by atoms with Crippen LogP contribution in [-0.2, 0) is 16.0 Å². The van der Waals surface area contributed by atoms with Gasteiger partial charge in [-0.1, -0.05) is 0 Å². The van der Waals surface area contributed by atoms with Crippen molar-refractivity contribution in [1.29, 1.82) is 0 Å². The van der Waals surface area contributed by atoms with Gasteiger partial charge in [0.15, 0.2) is 0 Å². The summed E-state index contributed by atoms with van der Waals surface area (Å²) in [4.78, 5) is 47.2. The molecule has 3 amide bonds. The highest BCUT2D eigenvalue weighted by Crippen LogP contribution is 2.31. The van der Waals surface area contributed by atoms with Crippen molar-refractivity contribution < 1.29 is 28.3 Å². The van der Waals surface area contributed by atoms with Crippen molar-refractivity contribution in [1.82, 2.24) is 10.6 Å². The van der Waals surface area contributed by atoms with Gasteiger partial charge in [-0.25, -0.2) is 14.4 Å². The number of carbonyl (C=O) groups is 3. The van der Waals surface area contributed by atoms with Crippen LogP contribution >= 0.6 is 0 Å². The Bertz CT molecular complexity index is 1310. The number of carboxylic acids is 1. The van der Waals surface area contributed by atoms with Gasteiger partial charge in [-0.3, -0.25) is 4.79 Å². The summed E-state index contributed by atoms with van der Waals surface area (Å²) in [5, 5.41) is 16.0. The Morgan fingerprint density at radius 3 is 2.38 bits per heavy atom. The molecule has 0 saturated heterocycles. The third kappa shape index (κ3) is 5.56. The lowest BCUT2D eigenvalue weighted by Gasteiger charge is -2.15. The average Bonchev–Trinajstić information content (AvgIpc) is 3.03. The number of fused-ring (bicyclic) bond motifs is 2. The first-order valence-corrected chi connectivity index (χ1v) is 11.1. The molecular weight excluding hydrogens is 442 g/mol. The number of furan rings is 1. The van der Waals surface area contributed by atoms with E-state index >= 15 is 0 Å². The van der Waals surface area contributed by atoms with E-state index in [0.29, 0.717) is 36.1 Å². The van der Waals surface area contributed by atoms with Gasteiger partial charge in [-0.05, 0) is 63.6 Å². The molecule has 0 saturated carbocycles. The number of nitrogens with two attached hydrogens (primary N) is 1.